The van der Waals surface area contributed by atoms with E-state index in [1.165, 1.54) is 19.1 Å². The predicted octanol–water partition coefficient (Wildman–Crippen LogP) is 2.87. The van der Waals surface area contributed by atoms with Gasteiger partial charge in [-0.1, -0.05) is 0 Å². The number of thioether (sulfide) groups is 1. The van der Waals surface area contributed by atoms with Gasteiger partial charge in [0.05, 0.1) is 5.75 Å². The van der Waals surface area contributed by atoms with E-state index in [0.29, 0.717) is 4.90 Å². The molecular formula is C9H9ClO4S2. The number of rotatable bonds is 4. The van der Waals surface area contributed by atoms with Crippen LogP contribution in [0.3, 0.4) is 0 Å². The Hall–Kier alpha value is -0.720. The Labute approximate surface area is 103 Å². The van der Waals surface area contributed by atoms with Crippen molar-refractivity contribution in [2.75, 3.05) is 5.75 Å². The van der Waals surface area contributed by atoms with Crippen molar-refractivity contribution in [1.82, 2.24) is 0 Å². The Kier molecular flexibility index (Phi) is 4.64. The van der Waals surface area contributed by atoms with Crippen LogP contribution in [0, 0.1) is 0 Å². The van der Waals surface area contributed by atoms with Crippen LogP contribution >= 0.6 is 23.4 Å². The van der Waals surface area contributed by atoms with Crippen LogP contribution in [-0.4, -0.2) is 18.7 Å². The van der Waals surface area contributed by atoms with Gasteiger partial charge >= 0.3 is 10.1 Å². The number of benzene rings is 1. The van der Waals surface area contributed by atoms with Crippen molar-refractivity contribution in [3.8, 4) is 5.75 Å². The molecule has 0 atom stereocenters. The quantitative estimate of drug-likeness (QED) is 0.482. The topological polar surface area (TPSA) is 60.4 Å². The van der Waals surface area contributed by atoms with Gasteiger partial charge in [0.15, 0.2) is 0 Å². The molecule has 7 heteroatoms. The summed E-state index contributed by atoms with van der Waals surface area (Å²) in [5, 5.41) is 0. The summed E-state index contributed by atoms with van der Waals surface area (Å²) in [6.45, 7) is 1.49. The van der Waals surface area contributed by atoms with Gasteiger partial charge in [0.2, 0.25) is 0 Å². The summed E-state index contributed by atoms with van der Waals surface area (Å²) in [5.41, 5.74) is 0. The van der Waals surface area contributed by atoms with Crippen LogP contribution < -0.4 is 4.18 Å². The third kappa shape index (κ3) is 4.42. The average Bonchev–Trinajstić information content (AvgIpc) is 2.20. The molecule has 0 amide bonds. The molecule has 0 heterocycles. The molecule has 0 aliphatic rings. The average molecular weight is 281 g/mol. The van der Waals surface area contributed by atoms with E-state index in [2.05, 4.69) is 0 Å². The minimum Gasteiger partial charge on any atom is -0.382 e. The maximum atomic E-state index is 11.1. The van der Waals surface area contributed by atoms with Crippen LogP contribution in [0.5, 0.6) is 5.75 Å². The Bertz CT molecular complexity index is 467. The number of halogens is 1. The lowest BCUT2D eigenvalue weighted by atomic mass is 10.3. The van der Waals surface area contributed by atoms with E-state index >= 15 is 0 Å². The Balaban J connectivity index is 2.76. The first-order valence-electron chi connectivity index (χ1n) is 4.32. The molecule has 1 rings (SSSR count). The summed E-state index contributed by atoms with van der Waals surface area (Å²) in [5.74, 6) is 0.122. The van der Waals surface area contributed by atoms with Crippen molar-refractivity contribution >= 4 is 38.1 Å². The van der Waals surface area contributed by atoms with Crippen molar-refractivity contribution in [1.29, 1.82) is 0 Å². The first-order valence-corrected chi connectivity index (χ1v) is 7.09. The molecule has 16 heavy (non-hydrogen) atoms. The maximum Gasteiger partial charge on any atom is 0.308 e. The van der Waals surface area contributed by atoms with Gasteiger partial charge in [-0.3, -0.25) is 4.79 Å². The van der Waals surface area contributed by atoms with Crippen molar-refractivity contribution < 1.29 is 17.4 Å². The molecule has 0 fully saturated rings. The standard InChI is InChI=1S/C9H9ClO4S2/c1-2-16(12,13)14-7-3-5-8(6-4-7)15-9(10)11/h3-6H,2H2,1H3. The number of hydrogen-bond acceptors (Lipinski definition) is 5. The van der Waals surface area contributed by atoms with Gasteiger partial charge in [-0.2, -0.15) is 8.42 Å². The maximum absolute atomic E-state index is 11.1. The van der Waals surface area contributed by atoms with E-state index < -0.39 is 14.7 Å². The van der Waals surface area contributed by atoms with Crippen LogP contribution in [-0.2, 0) is 10.1 Å². The molecule has 1 aromatic carbocycles. The molecule has 4 nitrogen and oxygen atoms in total. The summed E-state index contributed by atoms with van der Waals surface area (Å²) in [7, 11) is -3.51. The van der Waals surface area contributed by atoms with Crippen molar-refractivity contribution in [3.05, 3.63) is 24.3 Å². The van der Waals surface area contributed by atoms with Gasteiger partial charge < -0.3 is 4.18 Å². The summed E-state index contributed by atoms with van der Waals surface area (Å²) in [4.78, 5) is 11.2. The molecule has 0 unspecified atom stereocenters. The van der Waals surface area contributed by atoms with Crippen LogP contribution in [0.4, 0.5) is 4.79 Å². The monoisotopic (exact) mass is 280 g/mol. The fourth-order valence-corrected chi connectivity index (χ4v) is 2.11. The Morgan fingerprint density at radius 2 is 1.94 bits per heavy atom. The highest BCUT2D eigenvalue weighted by molar-refractivity contribution is 8.16. The van der Waals surface area contributed by atoms with E-state index in [1.807, 2.05) is 0 Å². The number of carbonyl (C=O) groups excluding carboxylic acids is 1. The van der Waals surface area contributed by atoms with E-state index in [9.17, 15) is 13.2 Å². The lowest BCUT2D eigenvalue weighted by molar-refractivity contribution is 0.276. The van der Waals surface area contributed by atoms with E-state index in [-0.39, 0.29) is 11.5 Å². The van der Waals surface area contributed by atoms with Gasteiger partial charge in [-0.05, 0) is 54.6 Å². The molecule has 0 bridgehead atoms. The summed E-state index contributed by atoms with van der Waals surface area (Å²) in [6.07, 6.45) is 0. The van der Waals surface area contributed by atoms with Crippen molar-refractivity contribution in [3.63, 3.8) is 0 Å². The fraction of sp³-hybridized carbons (Fsp3) is 0.222. The third-order valence-electron chi connectivity index (χ3n) is 1.60. The van der Waals surface area contributed by atoms with Gasteiger partial charge in [0, 0.05) is 4.90 Å². The van der Waals surface area contributed by atoms with Crippen LogP contribution in [0.1, 0.15) is 6.92 Å². The molecule has 0 saturated heterocycles. The molecular weight excluding hydrogens is 272 g/mol. The van der Waals surface area contributed by atoms with E-state index in [1.54, 1.807) is 12.1 Å². The van der Waals surface area contributed by atoms with Gasteiger partial charge in [-0.25, -0.2) is 0 Å². The Morgan fingerprint density at radius 1 is 1.38 bits per heavy atom. The first-order chi connectivity index (χ1) is 7.43. The van der Waals surface area contributed by atoms with Crippen LogP contribution in [0.25, 0.3) is 0 Å². The second kappa shape index (κ2) is 5.56. The highest BCUT2D eigenvalue weighted by atomic mass is 35.5. The summed E-state index contributed by atoms with van der Waals surface area (Å²) in [6, 6.07) is 6.06. The van der Waals surface area contributed by atoms with Crippen LogP contribution in [0.2, 0.25) is 0 Å². The molecule has 0 radical (unpaired) electrons. The normalized spacial score (nSPS) is 11.1. The van der Waals surface area contributed by atoms with Gasteiger partial charge in [-0.15, -0.1) is 0 Å². The molecule has 0 aromatic heterocycles. The zero-order chi connectivity index (χ0) is 12.2. The molecule has 0 saturated carbocycles. The summed E-state index contributed by atoms with van der Waals surface area (Å²) >= 11 is 6.03. The number of hydrogen-bond donors (Lipinski definition) is 0. The van der Waals surface area contributed by atoms with E-state index in [4.69, 9.17) is 15.8 Å². The molecule has 88 valence electrons. The summed E-state index contributed by atoms with van der Waals surface area (Å²) < 4.78 is 26.5. The number of carbonyl (C=O) groups is 1. The van der Waals surface area contributed by atoms with Crippen molar-refractivity contribution in [2.45, 2.75) is 11.8 Å². The second-order valence-electron chi connectivity index (χ2n) is 2.74. The Morgan fingerprint density at radius 3 is 2.38 bits per heavy atom. The zero-order valence-electron chi connectivity index (χ0n) is 8.34. The second-order valence-corrected chi connectivity index (χ2v) is 6.21. The molecule has 0 spiro atoms. The highest BCUT2D eigenvalue weighted by Gasteiger charge is 2.09. The SMILES string of the molecule is CCS(=O)(=O)Oc1ccc(SC(=O)Cl)cc1. The third-order valence-corrected chi connectivity index (χ3v) is 3.65. The van der Waals surface area contributed by atoms with Crippen molar-refractivity contribution in [2.24, 2.45) is 0 Å². The zero-order valence-corrected chi connectivity index (χ0v) is 10.7. The molecule has 0 aliphatic heterocycles. The predicted molar refractivity (Wildman–Crippen MR) is 63.6 cm³/mol. The largest absolute Gasteiger partial charge is 0.382 e. The van der Waals surface area contributed by atoms with Gasteiger partial charge in [0.25, 0.3) is 4.57 Å². The minimum absolute atomic E-state index is 0.0936. The lowest BCUT2D eigenvalue weighted by Crippen LogP contribution is -2.11. The molecule has 0 N–H and O–H groups in total. The van der Waals surface area contributed by atoms with E-state index in [0.717, 1.165) is 11.8 Å². The smallest absolute Gasteiger partial charge is 0.308 e. The first kappa shape index (κ1) is 13.3. The fourth-order valence-electron chi connectivity index (χ4n) is 0.861. The lowest BCUT2D eigenvalue weighted by Gasteiger charge is -2.04. The van der Waals surface area contributed by atoms with Gasteiger partial charge in [0.1, 0.15) is 5.75 Å². The van der Waals surface area contributed by atoms with Crippen LogP contribution in [0.15, 0.2) is 29.2 Å². The molecule has 0 aliphatic carbocycles. The highest BCUT2D eigenvalue weighted by Crippen LogP contribution is 2.24. The minimum atomic E-state index is -3.51. The molecule has 1 aromatic rings.